The summed E-state index contributed by atoms with van der Waals surface area (Å²) in [5, 5.41) is 12.6. The number of rotatable bonds is 7. The number of unbranched alkanes of at least 4 members (excludes halogenated alkanes) is 1. The van der Waals surface area contributed by atoms with Gasteiger partial charge in [0.05, 0.1) is 24.3 Å². The molecule has 1 saturated heterocycles. The third kappa shape index (κ3) is 5.17. The van der Waals surface area contributed by atoms with Crippen LogP contribution >= 0.6 is 12.2 Å². The molecule has 2 heterocycles. The summed E-state index contributed by atoms with van der Waals surface area (Å²) in [6.45, 7) is 6.06. The normalized spacial score (nSPS) is 15.3. The van der Waals surface area contributed by atoms with Crippen LogP contribution in [0.1, 0.15) is 50.2 Å². The zero-order valence-electron chi connectivity index (χ0n) is 16.4. The summed E-state index contributed by atoms with van der Waals surface area (Å²) in [6.07, 6.45) is 7.09. The van der Waals surface area contributed by atoms with E-state index in [1.807, 2.05) is 19.1 Å². The van der Waals surface area contributed by atoms with Gasteiger partial charge in [0, 0.05) is 18.3 Å². The lowest BCUT2D eigenvalue weighted by Gasteiger charge is -2.23. The molecule has 0 aliphatic carbocycles. The third-order valence-corrected chi connectivity index (χ3v) is 5.54. The monoisotopic (exact) mass is 400 g/mol. The highest BCUT2D eigenvalue weighted by atomic mass is 32.1. The first-order valence-corrected chi connectivity index (χ1v) is 10.5. The summed E-state index contributed by atoms with van der Waals surface area (Å²) in [4.78, 5) is 20.7. The predicted octanol–water partition coefficient (Wildman–Crippen LogP) is 2.10. The van der Waals surface area contributed by atoms with E-state index in [1.54, 1.807) is 4.90 Å². The van der Waals surface area contributed by atoms with E-state index >= 15 is 0 Å². The minimum absolute atomic E-state index is 0.0199. The number of H-pyrrole nitrogens is 1. The summed E-state index contributed by atoms with van der Waals surface area (Å²) in [5.74, 6) is -0.378. The first kappa shape index (κ1) is 20.5. The lowest BCUT2D eigenvalue weighted by Crippen LogP contribution is -3.11. The molecule has 2 aromatic rings. The molecule has 6 nitrogen and oxygen atoms in total. The second-order valence-electron chi connectivity index (χ2n) is 7.40. The molecule has 1 aliphatic rings. The van der Waals surface area contributed by atoms with Gasteiger partial charge in [-0.05, 0) is 55.9 Å². The number of nitrogens with zero attached hydrogens (tertiary/aromatic N) is 2. The van der Waals surface area contributed by atoms with Gasteiger partial charge >= 0.3 is 0 Å². The number of hydrogen-bond donors (Lipinski definition) is 2. The first-order chi connectivity index (χ1) is 13.6. The fourth-order valence-corrected chi connectivity index (χ4v) is 3.82. The van der Waals surface area contributed by atoms with Gasteiger partial charge in [0.25, 0.3) is 5.56 Å². The summed E-state index contributed by atoms with van der Waals surface area (Å²) >= 11 is 5.12. The molecule has 150 valence electrons. The van der Waals surface area contributed by atoms with Crippen LogP contribution < -0.4 is 15.6 Å². The topological polar surface area (TPSA) is 77.6 Å². The first-order valence-electron chi connectivity index (χ1n) is 10.1. The molecule has 7 heteroatoms. The molecule has 0 radical (unpaired) electrons. The number of aliphatic imine (C=N–C) groups is 1. The van der Waals surface area contributed by atoms with Gasteiger partial charge in [-0.2, -0.15) is 0 Å². The molecule has 1 aliphatic heterocycles. The molecular formula is C21H28N4O2S. The molecule has 0 unspecified atom stereocenters. The fourth-order valence-electron chi connectivity index (χ4n) is 3.56. The maximum absolute atomic E-state index is 12.6. The van der Waals surface area contributed by atoms with Crippen molar-refractivity contribution in [2.45, 2.75) is 52.1 Å². The van der Waals surface area contributed by atoms with Gasteiger partial charge < -0.3 is 14.6 Å². The Morgan fingerprint density at radius 1 is 1.25 bits per heavy atom. The zero-order chi connectivity index (χ0) is 19.9. The number of aromatic nitrogens is 2. The summed E-state index contributed by atoms with van der Waals surface area (Å²) in [5.41, 5.74) is 1.54. The molecule has 0 saturated carbocycles. The van der Waals surface area contributed by atoms with Crippen LogP contribution in [0.4, 0.5) is 5.69 Å². The number of likely N-dealkylation sites (tertiary alicyclic amines) is 1. The molecule has 0 amide bonds. The van der Waals surface area contributed by atoms with Crippen LogP contribution in [-0.2, 0) is 13.1 Å². The predicted molar refractivity (Wildman–Crippen MR) is 112 cm³/mol. The van der Waals surface area contributed by atoms with Gasteiger partial charge in [0.2, 0.25) is 0 Å². The average molecular weight is 401 g/mol. The molecule has 2 N–H and O–H groups in total. The SMILES string of the molecule is CCCCn1c([O-])c(C=Nc2ccc(C[NH+]3CCCCC3)cc2)c(=O)[nH]c1=S. The van der Waals surface area contributed by atoms with Crippen LogP contribution in [0.5, 0.6) is 5.88 Å². The maximum Gasteiger partial charge on any atom is 0.259 e. The van der Waals surface area contributed by atoms with E-state index in [0.29, 0.717) is 6.54 Å². The second-order valence-corrected chi connectivity index (χ2v) is 7.78. The van der Waals surface area contributed by atoms with Crippen molar-refractivity contribution in [1.82, 2.24) is 9.55 Å². The summed E-state index contributed by atoms with van der Waals surface area (Å²) in [6, 6.07) is 8.01. The Bertz CT molecular complexity index is 925. The van der Waals surface area contributed by atoms with E-state index in [1.165, 1.54) is 48.7 Å². The Morgan fingerprint density at radius 2 is 1.96 bits per heavy atom. The number of aromatic amines is 1. The van der Waals surface area contributed by atoms with E-state index in [9.17, 15) is 9.90 Å². The van der Waals surface area contributed by atoms with E-state index in [4.69, 9.17) is 12.2 Å². The molecular weight excluding hydrogens is 372 g/mol. The van der Waals surface area contributed by atoms with Crippen molar-refractivity contribution in [1.29, 1.82) is 0 Å². The van der Waals surface area contributed by atoms with Crippen molar-refractivity contribution in [2.75, 3.05) is 13.1 Å². The van der Waals surface area contributed by atoms with Crippen molar-refractivity contribution in [3.63, 3.8) is 0 Å². The molecule has 3 rings (SSSR count). The van der Waals surface area contributed by atoms with Crippen molar-refractivity contribution in [2.24, 2.45) is 4.99 Å². The van der Waals surface area contributed by atoms with Crippen molar-refractivity contribution in [3.05, 3.63) is 50.5 Å². The largest absolute Gasteiger partial charge is 0.859 e. The molecule has 1 aromatic heterocycles. The highest BCUT2D eigenvalue weighted by Crippen LogP contribution is 2.15. The third-order valence-electron chi connectivity index (χ3n) is 5.21. The van der Waals surface area contributed by atoms with Gasteiger partial charge in [0.15, 0.2) is 4.77 Å². The highest BCUT2D eigenvalue weighted by Gasteiger charge is 2.13. The Labute approximate surface area is 170 Å². The second kappa shape index (κ2) is 9.80. The quantitative estimate of drug-likeness (QED) is 0.552. The van der Waals surface area contributed by atoms with Crippen LogP contribution in [0, 0.1) is 4.77 Å². The Balaban J connectivity index is 1.74. The number of quaternary nitrogens is 1. The maximum atomic E-state index is 12.6. The van der Waals surface area contributed by atoms with E-state index in [-0.39, 0.29) is 16.2 Å². The summed E-state index contributed by atoms with van der Waals surface area (Å²) in [7, 11) is 0. The Morgan fingerprint density at radius 3 is 2.64 bits per heavy atom. The van der Waals surface area contributed by atoms with Gasteiger partial charge in [-0.15, -0.1) is 0 Å². The number of nitrogens with one attached hydrogen (secondary N) is 2. The lowest BCUT2D eigenvalue weighted by molar-refractivity contribution is -0.918. The van der Waals surface area contributed by atoms with Crippen LogP contribution in [0.2, 0.25) is 0 Å². The average Bonchev–Trinajstić information content (AvgIpc) is 2.69. The van der Waals surface area contributed by atoms with E-state index in [0.717, 1.165) is 25.1 Å². The summed E-state index contributed by atoms with van der Waals surface area (Å²) < 4.78 is 1.61. The van der Waals surface area contributed by atoms with Crippen LogP contribution in [0.3, 0.4) is 0 Å². The van der Waals surface area contributed by atoms with Crippen molar-refractivity contribution >= 4 is 24.1 Å². The van der Waals surface area contributed by atoms with Crippen molar-refractivity contribution < 1.29 is 10.0 Å². The molecule has 1 aromatic carbocycles. The molecule has 0 spiro atoms. The molecule has 0 bridgehead atoms. The Hall–Kier alpha value is -2.25. The minimum atomic E-state index is -0.489. The van der Waals surface area contributed by atoms with Gasteiger partial charge in [-0.1, -0.05) is 25.5 Å². The standard InChI is InChI=1S/C21H28N4O2S/c1-2-3-13-25-20(27)18(19(26)23-21(25)28)14-22-17-9-7-16(8-10-17)15-24-11-5-4-6-12-24/h7-10,14,27H,2-6,11-13,15H2,1H3,(H,23,26,28). The van der Waals surface area contributed by atoms with Crippen LogP contribution in [0.15, 0.2) is 34.1 Å². The highest BCUT2D eigenvalue weighted by molar-refractivity contribution is 7.71. The molecule has 1 fully saturated rings. The van der Waals surface area contributed by atoms with Gasteiger partial charge in [0.1, 0.15) is 6.54 Å². The van der Waals surface area contributed by atoms with Crippen LogP contribution in [-0.4, -0.2) is 28.9 Å². The molecule has 28 heavy (non-hydrogen) atoms. The van der Waals surface area contributed by atoms with Crippen LogP contribution in [0.25, 0.3) is 0 Å². The zero-order valence-corrected chi connectivity index (χ0v) is 17.2. The Kier molecular flexibility index (Phi) is 7.17. The lowest BCUT2D eigenvalue weighted by atomic mass is 10.1. The van der Waals surface area contributed by atoms with Gasteiger partial charge in [-0.3, -0.25) is 14.8 Å². The smallest absolute Gasteiger partial charge is 0.259 e. The van der Waals surface area contributed by atoms with E-state index in [2.05, 4.69) is 22.1 Å². The number of hydrogen-bond acceptors (Lipinski definition) is 4. The minimum Gasteiger partial charge on any atom is -0.859 e. The number of benzene rings is 1. The molecule has 0 atom stereocenters. The van der Waals surface area contributed by atoms with Crippen molar-refractivity contribution in [3.8, 4) is 5.88 Å². The van der Waals surface area contributed by atoms with Gasteiger partial charge in [-0.25, -0.2) is 0 Å². The number of piperidine rings is 1. The fraction of sp³-hybridized carbons (Fsp3) is 0.476. The van der Waals surface area contributed by atoms with E-state index < -0.39 is 5.56 Å².